The van der Waals surface area contributed by atoms with Gasteiger partial charge in [-0.05, 0) is 49.4 Å². The van der Waals surface area contributed by atoms with Gasteiger partial charge in [0.2, 0.25) is 0 Å². The van der Waals surface area contributed by atoms with Crippen LogP contribution < -0.4 is 0 Å². The molecule has 25 heavy (non-hydrogen) atoms. The molecule has 3 N–H and O–H groups in total. The van der Waals surface area contributed by atoms with E-state index >= 15 is 0 Å². The average Bonchev–Trinajstić information content (AvgIpc) is 2.80. The first-order valence-electron chi connectivity index (χ1n) is 9.54. The molecule has 3 aliphatic carbocycles. The van der Waals surface area contributed by atoms with Crippen LogP contribution in [0.15, 0.2) is 11.1 Å². The molecule has 0 spiro atoms. The van der Waals surface area contributed by atoms with E-state index < -0.39 is 35.8 Å². The largest absolute Gasteiger partial charge is 0.452 e. The van der Waals surface area contributed by atoms with Gasteiger partial charge in [-0.2, -0.15) is 0 Å². The van der Waals surface area contributed by atoms with Crippen LogP contribution in [0.5, 0.6) is 0 Å². The number of fused-ring (bicyclic) bond motifs is 4. The Balaban J connectivity index is 1.84. The number of ether oxygens (including phenoxy) is 1. The van der Waals surface area contributed by atoms with Crippen LogP contribution in [0, 0.1) is 22.7 Å². The van der Waals surface area contributed by atoms with E-state index in [1.807, 2.05) is 0 Å². The topological polar surface area (TPSA) is 87.0 Å². The molecule has 4 aliphatic rings. The molecule has 0 aromatic heterocycles. The second-order valence-electron chi connectivity index (χ2n) is 9.71. The summed E-state index contributed by atoms with van der Waals surface area (Å²) in [5.74, 6) is -0.628. The Kier molecular flexibility index (Phi) is 3.56. The smallest absolute Gasteiger partial charge is 0.334 e. The molecule has 4 unspecified atom stereocenters. The lowest BCUT2D eigenvalue weighted by Gasteiger charge is -2.65. The molecule has 5 heteroatoms. The Morgan fingerprint density at radius 1 is 1.12 bits per heavy atom. The predicted octanol–water partition coefficient (Wildman–Crippen LogP) is 1.94. The summed E-state index contributed by atoms with van der Waals surface area (Å²) in [6.07, 6.45) is 1.40. The van der Waals surface area contributed by atoms with Crippen molar-refractivity contribution in [2.24, 2.45) is 22.7 Å². The van der Waals surface area contributed by atoms with Gasteiger partial charge in [-0.25, -0.2) is 4.79 Å². The summed E-state index contributed by atoms with van der Waals surface area (Å²) in [6.45, 7) is 8.31. The first kappa shape index (κ1) is 17.5. The van der Waals surface area contributed by atoms with E-state index in [4.69, 9.17) is 4.74 Å². The number of carbonyl (C=O) groups excluding carboxylic acids is 1. The van der Waals surface area contributed by atoms with Gasteiger partial charge >= 0.3 is 5.97 Å². The first-order valence-corrected chi connectivity index (χ1v) is 9.54. The van der Waals surface area contributed by atoms with Crippen molar-refractivity contribution >= 4 is 5.97 Å². The van der Waals surface area contributed by atoms with Crippen molar-refractivity contribution < 1.29 is 24.9 Å². The van der Waals surface area contributed by atoms with Gasteiger partial charge in [0.05, 0.1) is 0 Å². The van der Waals surface area contributed by atoms with Crippen molar-refractivity contribution in [2.75, 3.05) is 0 Å². The third-order valence-corrected chi connectivity index (χ3v) is 8.06. The highest BCUT2D eigenvalue weighted by molar-refractivity contribution is 5.92. The SMILES string of the molecule is CC1=C2C(O)C3(O)CC[C@@H]4C(C)(C)CCCC4(C)[C@@H]3C(O)[C@@H]2OC1=O. The maximum absolute atomic E-state index is 12.0. The molecule has 1 heterocycles. The fourth-order valence-electron chi connectivity index (χ4n) is 7.01. The molecule has 4 rings (SSSR count). The molecule has 0 aromatic rings. The number of rotatable bonds is 0. The Hall–Kier alpha value is -0.910. The highest BCUT2D eigenvalue weighted by Gasteiger charge is 2.69. The predicted molar refractivity (Wildman–Crippen MR) is 91.5 cm³/mol. The van der Waals surface area contributed by atoms with Crippen LogP contribution in [0.25, 0.3) is 0 Å². The Morgan fingerprint density at radius 3 is 2.48 bits per heavy atom. The molecule has 0 radical (unpaired) electrons. The maximum atomic E-state index is 12.0. The molecule has 0 aromatic carbocycles. The molecule has 1 aliphatic heterocycles. The lowest BCUT2D eigenvalue weighted by Crippen LogP contribution is -2.71. The molecule has 5 nitrogen and oxygen atoms in total. The fraction of sp³-hybridized carbons (Fsp3) is 0.850. The van der Waals surface area contributed by atoms with Gasteiger partial charge in [0.1, 0.15) is 17.8 Å². The van der Waals surface area contributed by atoms with E-state index in [2.05, 4.69) is 20.8 Å². The van der Waals surface area contributed by atoms with Crippen molar-refractivity contribution in [3.05, 3.63) is 11.1 Å². The molecule has 0 bridgehead atoms. The van der Waals surface area contributed by atoms with E-state index in [-0.39, 0.29) is 10.8 Å². The van der Waals surface area contributed by atoms with E-state index in [0.29, 0.717) is 23.5 Å². The molecular formula is C20H30O5. The maximum Gasteiger partial charge on any atom is 0.334 e. The van der Waals surface area contributed by atoms with Crippen molar-refractivity contribution in [2.45, 2.75) is 83.7 Å². The van der Waals surface area contributed by atoms with Gasteiger partial charge in [0.15, 0.2) is 6.10 Å². The van der Waals surface area contributed by atoms with E-state index in [9.17, 15) is 20.1 Å². The van der Waals surface area contributed by atoms with Crippen LogP contribution >= 0.6 is 0 Å². The van der Waals surface area contributed by atoms with Crippen LogP contribution in [0.3, 0.4) is 0 Å². The van der Waals surface area contributed by atoms with E-state index in [1.54, 1.807) is 6.92 Å². The number of aliphatic hydroxyl groups excluding tert-OH is 2. The Morgan fingerprint density at radius 2 is 1.80 bits per heavy atom. The molecule has 0 amide bonds. The highest BCUT2D eigenvalue weighted by Crippen LogP contribution is 2.65. The quantitative estimate of drug-likeness (QED) is 0.581. The summed E-state index contributed by atoms with van der Waals surface area (Å²) >= 11 is 0. The molecule has 3 saturated carbocycles. The fourth-order valence-corrected chi connectivity index (χ4v) is 7.01. The Bertz CT molecular complexity index is 652. The zero-order chi connectivity index (χ0) is 18.4. The normalized spacial score (nSPS) is 51.5. The second kappa shape index (κ2) is 5.08. The monoisotopic (exact) mass is 350 g/mol. The average molecular weight is 350 g/mol. The van der Waals surface area contributed by atoms with Crippen LogP contribution in [0.1, 0.15) is 59.8 Å². The lowest BCUT2D eigenvalue weighted by atomic mass is 9.42. The minimum atomic E-state index is -1.40. The standard InChI is InChI=1S/C20H30O5/c1-10-12-14(25-17(10)23)13(21)15-19(4)8-5-7-18(2,3)11(19)6-9-20(15,24)16(12)22/h11,13-16,21-22,24H,5-9H2,1-4H3/t11-,13?,14-,15+,16?,19?,20?/m1/s1. The second-order valence-corrected chi connectivity index (χ2v) is 9.71. The number of esters is 1. The third kappa shape index (κ3) is 2.03. The Labute approximate surface area is 149 Å². The number of hydrogen-bond acceptors (Lipinski definition) is 5. The van der Waals surface area contributed by atoms with Gasteiger partial charge in [-0.1, -0.05) is 27.2 Å². The van der Waals surface area contributed by atoms with Crippen molar-refractivity contribution in [1.82, 2.24) is 0 Å². The van der Waals surface area contributed by atoms with Crippen LogP contribution in [-0.4, -0.2) is 45.2 Å². The van der Waals surface area contributed by atoms with Gasteiger partial charge in [0, 0.05) is 17.1 Å². The summed E-state index contributed by atoms with van der Waals surface area (Å²) in [6, 6.07) is 0. The summed E-state index contributed by atoms with van der Waals surface area (Å²) in [5, 5.41) is 33.8. The van der Waals surface area contributed by atoms with E-state index in [0.717, 1.165) is 25.7 Å². The van der Waals surface area contributed by atoms with Crippen molar-refractivity contribution in [1.29, 1.82) is 0 Å². The van der Waals surface area contributed by atoms with Crippen LogP contribution in [0.2, 0.25) is 0 Å². The first-order chi connectivity index (χ1) is 11.5. The number of hydrogen-bond donors (Lipinski definition) is 3. The number of carbonyl (C=O) groups is 1. The summed E-state index contributed by atoms with van der Waals surface area (Å²) in [7, 11) is 0. The summed E-state index contributed by atoms with van der Waals surface area (Å²) in [5.41, 5.74) is -0.840. The van der Waals surface area contributed by atoms with E-state index in [1.165, 1.54) is 0 Å². The van der Waals surface area contributed by atoms with Gasteiger partial charge in [-0.15, -0.1) is 0 Å². The lowest BCUT2D eigenvalue weighted by molar-refractivity contribution is -0.259. The molecular weight excluding hydrogens is 320 g/mol. The molecule has 7 atom stereocenters. The highest BCUT2D eigenvalue weighted by atomic mass is 16.6. The summed E-state index contributed by atoms with van der Waals surface area (Å²) < 4.78 is 5.40. The molecule has 3 fully saturated rings. The van der Waals surface area contributed by atoms with Crippen molar-refractivity contribution in [3.63, 3.8) is 0 Å². The minimum absolute atomic E-state index is 0.136. The van der Waals surface area contributed by atoms with Crippen LogP contribution in [-0.2, 0) is 9.53 Å². The molecule has 0 saturated heterocycles. The van der Waals surface area contributed by atoms with Gasteiger partial charge in [-0.3, -0.25) is 0 Å². The summed E-state index contributed by atoms with van der Waals surface area (Å²) in [4.78, 5) is 12.0. The minimum Gasteiger partial charge on any atom is -0.452 e. The number of aliphatic hydroxyl groups is 3. The zero-order valence-corrected chi connectivity index (χ0v) is 15.6. The van der Waals surface area contributed by atoms with Crippen LogP contribution in [0.4, 0.5) is 0 Å². The zero-order valence-electron chi connectivity index (χ0n) is 15.6. The van der Waals surface area contributed by atoms with Gasteiger partial charge < -0.3 is 20.1 Å². The van der Waals surface area contributed by atoms with Crippen molar-refractivity contribution in [3.8, 4) is 0 Å². The van der Waals surface area contributed by atoms with Gasteiger partial charge in [0.25, 0.3) is 0 Å². The molecule has 140 valence electrons. The third-order valence-electron chi connectivity index (χ3n) is 8.06.